The highest BCUT2D eigenvalue weighted by molar-refractivity contribution is 6.30. The van der Waals surface area contributed by atoms with Gasteiger partial charge in [0, 0.05) is 36.8 Å². The summed E-state index contributed by atoms with van der Waals surface area (Å²) in [5, 5.41) is 3.99. The molecular formula is C20H21Cl2N3O2. The number of halogens is 2. The second kappa shape index (κ2) is 8.30. The number of carbonyl (C=O) groups excluding carboxylic acids is 2. The third kappa shape index (κ3) is 3.95. The third-order valence-corrected chi connectivity index (χ3v) is 5.25. The molecule has 1 N–H and O–H groups in total. The van der Waals surface area contributed by atoms with Crippen LogP contribution in [0.15, 0.2) is 48.5 Å². The lowest BCUT2D eigenvalue weighted by atomic mass is 10.0. The molecule has 2 amide bonds. The molecule has 0 bridgehead atoms. The molecule has 0 aromatic heterocycles. The minimum Gasteiger partial charge on any atom is -0.332 e. The van der Waals surface area contributed by atoms with Crippen molar-refractivity contribution in [3.63, 3.8) is 0 Å². The zero-order valence-electron chi connectivity index (χ0n) is 14.7. The summed E-state index contributed by atoms with van der Waals surface area (Å²) >= 11 is 6.12. The molecule has 0 aliphatic carbocycles. The van der Waals surface area contributed by atoms with Crippen molar-refractivity contribution in [2.45, 2.75) is 12.6 Å². The summed E-state index contributed by atoms with van der Waals surface area (Å²) in [6, 6.07) is 15.1. The highest BCUT2D eigenvalue weighted by Crippen LogP contribution is 2.26. The van der Waals surface area contributed by atoms with E-state index in [9.17, 15) is 9.59 Å². The van der Waals surface area contributed by atoms with Crippen LogP contribution in [0.25, 0.3) is 0 Å². The number of hydrogen-bond donors (Lipinski definition) is 1. The summed E-state index contributed by atoms with van der Waals surface area (Å²) in [7, 11) is 0. The quantitative estimate of drug-likeness (QED) is 0.853. The Balaban J connectivity index is 0.00000210. The van der Waals surface area contributed by atoms with Crippen molar-refractivity contribution >= 4 is 35.8 Å². The number of nitrogens with zero attached hydrogens (tertiary/aromatic N) is 2. The molecule has 1 unspecified atom stereocenters. The first-order valence-corrected chi connectivity index (χ1v) is 9.14. The van der Waals surface area contributed by atoms with Gasteiger partial charge in [0.15, 0.2) is 0 Å². The largest absolute Gasteiger partial charge is 0.332 e. The van der Waals surface area contributed by atoms with E-state index in [1.165, 1.54) is 0 Å². The number of carbonyl (C=O) groups is 2. The summed E-state index contributed by atoms with van der Waals surface area (Å²) < 4.78 is 0. The van der Waals surface area contributed by atoms with E-state index in [0.29, 0.717) is 30.2 Å². The molecule has 1 atom stereocenters. The summed E-state index contributed by atoms with van der Waals surface area (Å²) in [6.45, 7) is 2.64. The van der Waals surface area contributed by atoms with Crippen molar-refractivity contribution in [3.05, 3.63) is 70.2 Å². The molecule has 5 nitrogen and oxygen atoms in total. The maximum atomic E-state index is 13.0. The summed E-state index contributed by atoms with van der Waals surface area (Å²) in [5.41, 5.74) is 2.69. The average Bonchev–Trinajstić information content (AvgIpc) is 2.98. The smallest absolute Gasteiger partial charge is 0.254 e. The zero-order valence-corrected chi connectivity index (χ0v) is 16.3. The molecule has 2 aliphatic heterocycles. The second-order valence-electron chi connectivity index (χ2n) is 6.68. The highest BCUT2D eigenvalue weighted by atomic mass is 35.5. The Kier molecular flexibility index (Phi) is 6.05. The van der Waals surface area contributed by atoms with Crippen molar-refractivity contribution in [2.24, 2.45) is 0 Å². The van der Waals surface area contributed by atoms with Gasteiger partial charge >= 0.3 is 0 Å². The lowest BCUT2D eigenvalue weighted by Gasteiger charge is -2.37. The van der Waals surface area contributed by atoms with Gasteiger partial charge in [-0.3, -0.25) is 9.59 Å². The van der Waals surface area contributed by atoms with Gasteiger partial charge in [0.2, 0.25) is 5.91 Å². The minimum atomic E-state index is -0.0740. The fraction of sp³-hybridized carbons (Fsp3) is 0.300. The summed E-state index contributed by atoms with van der Waals surface area (Å²) in [4.78, 5) is 29.0. The Bertz CT molecular complexity index is 859. The van der Waals surface area contributed by atoms with Crippen molar-refractivity contribution < 1.29 is 9.59 Å². The Morgan fingerprint density at radius 2 is 2.00 bits per heavy atom. The van der Waals surface area contributed by atoms with E-state index in [-0.39, 0.29) is 36.8 Å². The van der Waals surface area contributed by atoms with Crippen molar-refractivity contribution in [3.8, 4) is 0 Å². The van der Waals surface area contributed by atoms with Crippen molar-refractivity contribution in [1.82, 2.24) is 15.1 Å². The molecule has 1 saturated heterocycles. The van der Waals surface area contributed by atoms with Gasteiger partial charge in [0.1, 0.15) is 6.54 Å². The van der Waals surface area contributed by atoms with Crippen molar-refractivity contribution in [2.75, 3.05) is 26.2 Å². The van der Waals surface area contributed by atoms with E-state index in [1.54, 1.807) is 4.90 Å². The number of fused-ring (bicyclic) bond motifs is 1. The third-order valence-electron chi connectivity index (χ3n) is 5.02. The molecule has 1 fully saturated rings. The molecule has 2 aliphatic rings. The monoisotopic (exact) mass is 405 g/mol. The number of hydrogen-bond acceptors (Lipinski definition) is 3. The van der Waals surface area contributed by atoms with Gasteiger partial charge in [-0.25, -0.2) is 0 Å². The topological polar surface area (TPSA) is 52.7 Å². The van der Waals surface area contributed by atoms with Gasteiger partial charge in [-0.05, 0) is 29.3 Å². The molecule has 4 rings (SSSR count). The maximum Gasteiger partial charge on any atom is 0.254 e. The van der Waals surface area contributed by atoms with E-state index in [2.05, 4.69) is 5.32 Å². The molecule has 2 aromatic rings. The lowest BCUT2D eigenvalue weighted by molar-refractivity contribution is -0.135. The normalized spacial score (nSPS) is 18.9. The zero-order chi connectivity index (χ0) is 18.1. The standard InChI is InChI=1S/C20H20ClN3O2.ClH/c21-16-6-3-5-14(10-16)18-11-22-8-9-24(18)19(25)13-23-12-15-4-1-2-7-17(15)20(23)26;/h1-7,10,18,22H,8-9,11-13H2;1H. The molecule has 2 aromatic carbocycles. The van der Waals surface area contributed by atoms with Gasteiger partial charge in [-0.1, -0.05) is 41.9 Å². The first-order valence-electron chi connectivity index (χ1n) is 8.76. The Hall–Kier alpha value is -2.08. The van der Waals surface area contributed by atoms with Crippen LogP contribution in [0.1, 0.15) is 27.5 Å². The fourth-order valence-electron chi connectivity index (χ4n) is 3.71. The summed E-state index contributed by atoms with van der Waals surface area (Å²) in [5.74, 6) is -0.0963. The van der Waals surface area contributed by atoms with Crippen molar-refractivity contribution in [1.29, 1.82) is 0 Å². The average molecular weight is 406 g/mol. The Morgan fingerprint density at radius 1 is 1.19 bits per heavy atom. The molecule has 7 heteroatoms. The molecule has 0 radical (unpaired) electrons. The molecule has 142 valence electrons. The van der Waals surface area contributed by atoms with Gasteiger partial charge in [0.25, 0.3) is 5.91 Å². The SMILES string of the molecule is Cl.O=C1c2ccccc2CN1CC(=O)N1CCNCC1c1cccc(Cl)c1. The van der Waals surface area contributed by atoms with Crippen LogP contribution in [0.3, 0.4) is 0 Å². The number of rotatable bonds is 3. The number of piperazine rings is 1. The lowest BCUT2D eigenvalue weighted by Crippen LogP contribution is -2.51. The molecular weight excluding hydrogens is 385 g/mol. The first-order chi connectivity index (χ1) is 12.6. The van der Waals surface area contributed by atoms with Gasteiger partial charge < -0.3 is 15.1 Å². The summed E-state index contributed by atoms with van der Waals surface area (Å²) in [6.07, 6.45) is 0. The molecule has 0 spiro atoms. The minimum absolute atomic E-state index is 0. The van der Waals surface area contributed by atoms with Gasteiger partial charge in [0.05, 0.1) is 6.04 Å². The van der Waals surface area contributed by atoms with Crippen LogP contribution < -0.4 is 5.32 Å². The van der Waals surface area contributed by atoms with E-state index >= 15 is 0 Å². The Labute approximate surface area is 169 Å². The fourth-order valence-corrected chi connectivity index (χ4v) is 3.91. The van der Waals surface area contributed by atoms with E-state index in [1.807, 2.05) is 53.4 Å². The first kappa shape index (κ1) is 19.7. The van der Waals surface area contributed by atoms with E-state index in [4.69, 9.17) is 11.6 Å². The van der Waals surface area contributed by atoms with Crippen LogP contribution >= 0.6 is 24.0 Å². The number of benzene rings is 2. The number of amides is 2. The molecule has 0 saturated carbocycles. The van der Waals surface area contributed by atoms with E-state index < -0.39 is 0 Å². The van der Waals surface area contributed by atoms with Crippen LogP contribution in [0.4, 0.5) is 0 Å². The van der Waals surface area contributed by atoms with Crippen LogP contribution in [0.5, 0.6) is 0 Å². The van der Waals surface area contributed by atoms with Crippen LogP contribution in [0.2, 0.25) is 5.02 Å². The van der Waals surface area contributed by atoms with Gasteiger partial charge in [-0.2, -0.15) is 0 Å². The predicted molar refractivity (Wildman–Crippen MR) is 107 cm³/mol. The van der Waals surface area contributed by atoms with Crippen LogP contribution in [-0.2, 0) is 11.3 Å². The van der Waals surface area contributed by atoms with Gasteiger partial charge in [-0.15, -0.1) is 12.4 Å². The Morgan fingerprint density at radius 3 is 2.78 bits per heavy atom. The van der Waals surface area contributed by atoms with Crippen LogP contribution in [0, 0.1) is 0 Å². The predicted octanol–water partition coefficient (Wildman–Crippen LogP) is 2.89. The van der Waals surface area contributed by atoms with Crippen LogP contribution in [-0.4, -0.2) is 47.8 Å². The molecule has 27 heavy (non-hydrogen) atoms. The van der Waals surface area contributed by atoms with E-state index in [0.717, 1.165) is 17.7 Å². The highest BCUT2D eigenvalue weighted by Gasteiger charge is 2.33. The number of nitrogens with one attached hydrogen (secondary N) is 1. The molecule has 2 heterocycles. The maximum absolute atomic E-state index is 13.0. The second-order valence-corrected chi connectivity index (χ2v) is 7.12.